The van der Waals surface area contributed by atoms with Gasteiger partial charge in [0.15, 0.2) is 0 Å². The van der Waals surface area contributed by atoms with Gasteiger partial charge < -0.3 is 0 Å². The Morgan fingerprint density at radius 2 is 2.00 bits per heavy atom. The number of rotatable bonds is 1. The summed E-state index contributed by atoms with van der Waals surface area (Å²) in [6.07, 6.45) is 0. The van der Waals surface area contributed by atoms with Gasteiger partial charge in [0.25, 0.3) is 9.05 Å². The topological polar surface area (TPSA) is 57.9 Å². The molecule has 0 unspecified atom stereocenters. The van der Waals surface area contributed by atoms with Gasteiger partial charge in [0, 0.05) is 14.3 Å². The maximum absolute atomic E-state index is 11.1. The van der Waals surface area contributed by atoms with Gasteiger partial charge in [-0.2, -0.15) is 5.26 Å². The summed E-state index contributed by atoms with van der Waals surface area (Å²) in [4.78, 5) is -0.208. The van der Waals surface area contributed by atoms with E-state index in [4.69, 9.17) is 27.5 Å². The van der Waals surface area contributed by atoms with Gasteiger partial charge in [0.05, 0.1) is 10.6 Å². The molecule has 0 heterocycles. The number of benzene rings is 1. The molecule has 74 valence electrons. The van der Waals surface area contributed by atoms with Gasteiger partial charge in [-0.05, 0) is 34.7 Å². The molecule has 0 bridgehead atoms. The fraction of sp³-hybridized carbons (Fsp3) is 0. The first kappa shape index (κ1) is 12.0. The van der Waals surface area contributed by atoms with Crippen LogP contribution in [0.15, 0.2) is 17.0 Å². The van der Waals surface area contributed by atoms with Gasteiger partial charge in [0.2, 0.25) is 0 Å². The Labute approximate surface area is 104 Å². The average Bonchev–Trinajstić information content (AvgIpc) is 2.02. The number of hydrogen-bond donors (Lipinski definition) is 0. The summed E-state index contributed by atoms with van der Waals surface area (Å²) in [6, 6.07) is 4.69. The van der Waals surface area contributed by atoms with Crippen LogP contribution in [0.1, 0.15) is 5.56 Å². The third-order valence-electron chi connectivity index (χ3n) is 1.41. The molecule has 0 aliphatic carbocycles. The largest absolute Gasteiger partial charge is 0.263 e. The van der Waals surface area contributed by atoms with E-state index < -0.39 is 9.05 Å². The zero-order valence-electron chi connectivity index (χ0n) is 6.46. The molecule has 0 radical (unpaired) electrons. The Kier molecular flexibility index (Phi) is 3.63. The molecular weight excluding hydrogens is 360 g/mol. The highest BCUT2D eigenvalue weighted by molar-refractivity contribution is 14.1. The van der Waals surface area contributed by atoms with Gasteiger partial charge >= 0.3 is 0 Å². The number of nitriles is 1. The van der Waals surface area contributed by atoms with Crippen molar-refractivity contribution in [3.63, 3.8) is 0 Å². The fourth-order valence-electron chi connectivity index (χ4n) is 0.842. The highest BCUT2D eigenvalue weighted by atomic mass is 127. The molecule has 1 aromatic rings. The lowest BCUT2D eigenvalue weighted by molar-refractivity contribution is 0.609. The van der Waals surface area contributed by atoms with Crippen molar-refractivity contribution >= 4 is 53.9 Å². The van der Waals surface area contributed by atoms with E-state index in [1.165, 1.54) is 12.1 Å². The second-order valence-electron chi connectivity index (χ2n) is 2.29. The van der Waals surface area contributed by atoms with E-state index in [9.17, 15) is 8.42 Å². The molecular formula is C7H2Cl2INO2S. The zero-order chi connectivity index (χ0) is 10.9. The molecule has 14 heavy (non-hydrogen) atoms. The maximum Gasteiger partial charge on any atom is 0.263 e. The molecule has 0 atom stereocenters. The summed E-state index contributed by atoms with van der Waals surface area (Å²) in [5.74, 6) is 0. The smallest absolute Gasteiger partial charge is 0.207 e. The molecule has 7 heteroatoms. The highest BCUT2D eigenvalue weighted by Gasteiger charge is 2.21. The van der Waals surface area contributed by atoms with Crippen molar-refractivity contribution in [1.29, 1.82) is 5.26 Å². The number of nitrogens with zero attached hydrogens (tertiary/aromatic N) is 1. The molecule has 0 spiro atoms. The molecule has 1 aromatic carbocycles. The van der Waals surface area contributed by atoms with E-state index in [0.717, 1.165) is 0 Å². The Morgan fingerprint density at radius 3 is 2.43 bits per heavy atom. The minimum Gasteiger partial charge on any atom is -0.207 e. The highest BCUT2D eigenvalue weighted by Crippen LogP contribution is 2.31. The van der Waals surface area contributed by atoms with E-state index in [1.807, 2.05) is 0 Å². The second kappa shape index (κ2) is 4.23. The number of hydrogen-bond acceptors (Lipinski definition) is 3. The van der Waals surface area contributed by atoms with Crippen LogP contribution in [0.3, 0.4) is 0 Å². The van der Waals surface area contributed by atoms with Gasteiger partial charge in [0.1, 0.15) is 11.0 Å². The lowest BCUT2D eigenvalue weighted by Gasteiger charge is -2.03. The first-order valence-corrected chi connectivity index (χ1v) is 6.97. The van der Waals surface area contributed by atoms with Gasteiger partial charge in [-0.3, -0.25) is 0 Å². The minimum atomic E-state index is -3.92. The first-order valence-electron chi connectivity index (χ1n) is 3.20. The van der Waals surface area contributed by atoms with Crippen molar-refractivity contribution in [1.82, 2.24) is 0 Å². The summed E-state index contributed by atoms with van der Waals surface area (Å²) in [5, 5.41) is 8.49. The van der Waals surface area contributed by atoms with Crippen LogP contribution in [0, 0.1) is 14.9 Å². The molecule has 0 saturated heterocycles. The Morgan fingerprint density at radius 1 is 1.43 bits per heavy atom. The minimum absolute atomic E-state index is 0.0892. The lowest BCUT2D eigenvalue weighted by atomic mass is 10.2. The quantitative estimate of drug-likeness (QED) is 0.570. The van der Waals surface area contributed by atoms with Crippen LogP contribution in [-0.4, -0.2) is 8.42 Å². The normalized spacial score (nSPS) is 11.0. The van der Waals surface area contributed by atoms with Crippen molar-refractivity contribution in [2.45, 2.75) is 4.90 Å². The van der Waals surface area contributed by atoms with Crippen LogP contribution in [0.5, 0.6) is 0 Å². The maximum atomic E-state index is 11.1. The molecule has 0 saturated carbocycles. The second-order valence-corrected chi connectivity index (χ2v) is 6.33. The molecule has 0 N–H and O–H groups in total. The van der Waals surface area contributed by atoms with E-state index in [-0.39, 0.29) is 15.5 Å². The molecule has 0 amide bonds. The number of halogens is 3. The van der Waals surface area contributed by atoms with Crippen molar-refractivity contribution in [2.75, 3.05) is 0 Å². The average molecular weight is 362 g/mol. The molecule has 0 aliphatic rings. The van der Waals surface area contributed by atoms with Crippen LogP contribution in [0.25, 0.3) is 0 Å². The third kappa shape index (κ3) is 2.31. The molecule has 0 aliphatic heterocycles. The van der Waals surface area contributed by atoms with E-state index in [0.29, 0.717) is 3.57 Å². The monoisotopic (exact) mass is 361 g/mol. The molecule has 3 nitrogen and oxygen atoms in total. The van der Waals surface area contributed by atoms with Crippen LogP contribution < -0.4 is 0 Å². The molecule has 0 fully saturated rings. The summed E-state index contributed by atoms with van der Waals surface area (Å²) in [6.45, 7) is 0. The SMILES string of the molecule is N#Cc1ccc(I)c(S(=O)(=O)Cl)c1Cl. The lowest BCUT2D eigenvalue weighted by Crippen LogP contribution is -1.97. The first-order chi connectivity index (χ1) is 6.38. The van der Waals surface area contributed by atoms with Crippen LogP contribution in [0.2, 0.25) is 5.02 Å². The molecule has 1 rings (SSSR count). The Bertz CT molecular complexity index is 521. The Balaban J connectivity index is 3.68. The van der Waals surface area contributed by atoms with Gasteiger partial charge in [-0.1, -0.05) is 11.6 Å². The van der Waals surface area contributed by atoms with E-state index in [2.05, 4.69) is 0 Å². The van der Waals surface area contributed by atoms with Crippen LogP contribution in [0.4, 0.5) is 0 Å². The van der Waals surface area contributed by atoms with Crippen molar-refractivity contribution in [2.24, 2.45) is 0 Å². The van der Waals surface area contributed by atoms with Crippen LogP contribution in [-0.2, 0) is 9.05 Å². The van der Waals surface area contributed by atoms with Crippen molar-refractivity contribution in [3.05, 3.63) is 26.3 Å². The molecule has 0 aromatic heterocycles. The summed E-state index contributed by atoms with van der Waals surface area (Å²) in [5.41, 5.74) is 0.0892. The van der Waals surface area contributed by atoms with Gasteiger partial charge in [-0.15, -0.1) is 0 Å². The summed E-state index contributed by atoms with van der Waals surface area (Å²) < 4.78 is 22.6. The van der Waals surface area contributed by atoms with Crippen molar-refractivity contribution in [3.8, 4) is 6.07 Å². The van der Waals surface area contributed by atoms with E-state index in [1.54, 1.807) is 28.7 Å². The standard InChI is InChI=1S/C7H2Cl2INO2S/c8-6-4(3-11)1-2-5(10)7(6)14(9,12)13/h1-2H. The zero-order valence-corrected chi connectivity index (χ0v) is 10.9. The summed E-state index contributed by atoms with van der Waals surface area (Å²) >= 11 is 7.49. The summed E-state index contributed by atoms with van der Waals surface area (Å²) in [7, 11) is 1.26. The van der Waals surface area contributed by atoms with Crippen LogP contribution >= 0.6 is 44.9 Å². The fourth-order valence-corrected chi connectivity index (χ4v) is 4.45. The predicted molar refractivity (Wildman–Crippen MR) is 61.9 cm³/mol. The van der Waals surface area contributed by atoms with Crippen molar-refractivity contribution < 1.29 is 8.42 Å². The predicted octanol–water partition coefficient (Wildman–Crippen LogP) is 2.74. The van der Waals surface area contributed by atoms with E-state index >= 15 is 0 Å². The van der Waals surface area contributed by atoms with Gasteiger partial charge in [-0.25, -0.2) is 8.42 Å². The third-order valence-corrected chi connectivity index (χ3v) is 4.56. The Hall–Kier alpha value is -0.0300.